The van der Waals surface area contributed by atoms with E-state index >= 15 is 0 Å². The van der Waals surface area contributed by atoms with Crippen molar-refractivity contribution < 1.29 is 9.59 Å². The molecule has 1 aliphatic rings. The second kappa shape index (κ2) is 6.26. The smallest absolute Gasteiger partial charge is 0.244 e. The Kier molecular flexibility index (Phi) is 4.63. The van der Waals surface area contributed by atoms with Gasteiger partial charge in [0.1, 0.15) is 12.1 Å². The van der Waals surface area contributed by atoms with E-state index in [4.69, 9.17) is 5.73 Å². The molecule has 2 unspecified atom stereocenters. The van der Waals surface area contributed by atoms with Gasteiger partial charge in [0.2, 0.25) is 11.8 Å². The summed E-state index contributed by atoms with van der Waals surface area (Å²) >= 11 is 0. The number of nitrogens with two attached hydrogens (primary N) is 1. The molecule has 114 valence electrons. The van der Waals surface area contributed by atoms with E-state index in [1.165, 1.54) is 4.90 Å². The van der Waals surface area contributed by atoms with Gasteiger partial charge in [-0.3, -0.25) is 9.59 Å². The lowest BCUT2D eigenvalue weighted by Crippen LogP contribution is -2.48. The SMILES string of the molecule is Cc1ccc(C(N)C(=O)N2CCCC2C(=O)N(C)C)cc1. The van der Waals surface area contributed by atoms with Gasteiger partial charge in [0, 0.05) is 20.6 Å². The molecular weight excluding hydrogens is 266 g/mol. The molecule has 1 fully saturated rings. The molecule has 2 rings (SSSR count). The van der Waals surface area contributed by atoms with E-state index in [0.29, 0.717) is 13.0 Å². The van der Waals surface area contributed by atoms with Gasteiger partial charge in [-0.15, -0.1) is 0 Å². The molecule has 0 bridgehead atoms. The monoisotopic (exact) mass is 289 g/mol. The first-order valence-electron chi connectivity index (χ1n) is 7.25. The average molecular weight is 289 g/mol. The summed E-state index contributed by atoms with van der Waals surface area (Å²) < 4.78 is 0. The molecule has 0 aliphatic carbocycles. The van der Waals surface area contributed by atoms with Gasteiger partial charge in [-0.05, 0) is 25.3 Å². The predicted molar refractivity (Wildman–Crippen MR) is 81.5 cm³/mol. The van der Waals surface area contributed by atoms with Crippen molar-refractivity contribution in [3.05, 3.63) is 35.4 Å². The number of likely N-dealkylation sites (tertiary alicyclic amines) is 1. The van der Waals surface area contributed by atoms with Gasteiger partial charge < -0.3 is 15.5 Å². The molecule has 0 radical (unpaired) electrons. The van der Waals surface area contributed by atoms with Crippen LogP contribution in [0.3, 0.4) is 0 Å². The highest BCUT2D eigenvalue weighted by molar-refractivity contribution is 5.90. The van der Waals surface area contributed by atoms with Crippen LogP contribution in [0.4, 0.5) is 0 Å². The Hall–Kier alpha value is -1.88. The molecule has 1 aromatic carbocycles. The fourth-order valence-electron chi connectivity index (χ4n) is 2.68. The summed E-state index contributed by atoms with van der Waals surface area (Å²) in [5.74, 6) is -0.200. The van der Waals surface area contributed by atoms with Crippen molar-refractivity contribution >= 4 is 11.8 Å². The summed E-state index contributed by atoms with van der Waals surface area (Å²) in [5, 5.41) is 0. The van der Waals surface area contributed by atoms with Crippen molar-refractivity contribution in [2.75, 3.05) is 20.6 Å². The van der Waals surface area contributed by atoms with Crippen molar-refractivity contribution in [2.24, 2.45) is 5.73 Å². The van der Waals surface area contributed by atoms with Crippen LogP contribution in [0, 0.1) is 6.92 Å². The summed E-state index contributed by atoms with van der Waals surface area (Å²) in [7, 11) is 3.42. The third kappa shape index (κ3) is 3.24. The molecule has 0 saturated carbocycles. The number of carbonyl (C=O) groups excluding carboxylic acids is 2. The maximum atomic E-state index is 12.6. The van der Waals surface area contributed by atoms with Gasteiger partial charge in [-0.1, -0.05) is 29.8 Å². The molecule has 0 aromatic heterocycles. The number of amides is 2. The minimum Gasteiger partial charge on any atom is -0.347 e. The van der Waals surface area contributed by atoms with Gasteiger partial charge in [-0.2, -0.15) is 0 Å². The number of aryl methyl sites for hydroxylation is 1. The third-order valence-corrected chi connectivity index (χ3v) is 3.96. The Morgan fingerprint density at radius 1 is 1.29 bits per heavy atom. The molecule has 1 heterocycles. The van der Waals surface area contributed by atoms with Crippen LogP contribution < -0.4 is 5.73 Å². The second-order valence-corrected chi connectivity index (χ2v) is 5.81. The predicted octanol–water partition coefficient (Wildman–Crippen LogP) is 1.07. The topological polar surface area (TPSA) is 66.6 Å². The van der Waals surface area contributed by atoms with Crippen LogP contribution in [0.15, 0.2) is 24.3 Å². The first-order valence-corrected chi connectivity index (χ1v) is 7.25. The summed E-state index contributed by atoms with van der Waals surface area (Å²) in [6.07, 6.45) is 1.56. The van der Waals surface area contributed by atoms with Gasteiger partial charge in [-0.25, -0.2) is 0 Å². The van der Waals surface area contributed by atoms with Crippen LogP contribution in [0.2, 0.25) is 0 Å². The largest absolute Gasteiger partial charge is 0.347 e. The molecule has 1 aliphatic heterocycles. The van der Waals surface area contributed by atoms with E-state index in [2.05, 4.69) is 0 Å². The average Bonchev–Trinajstić information content (AvgIpc) is 2.94. The number of nitrogens with zero attached hydrogens (tertiary/aromatic N) is 2. The van der Waals surface area contributed by atoms with Crippen LogP contribution in [0.25, 0.3) is 0 Å². The van der Waals surface area contributed by atoms with Crippen molar-refractivity contribution in [3.8, 4) is 0 Å². The van der Waals surface area contributed by atoms with E-state index < -0.39 is 6.04 Å². The first kappa shape index (κ1) is 15.5. The first-order chi connectivity index (χ1) is 9.91. The minimum absolute atomic E-state index is 0.0306. The molecule has 2 N–H and O–H groups in total. The Bertz CT molecular complexity index is 525. The maximum absolute atomic E-state index is 12.6. The number of hydrogen-bond acceptors (Lipinski definition) is 3. The zero-order chi connectivity index (χ0) is 15.6. The molecular formula is C16H23N3O2. The molecule has 1 saturated heterocycles. The fourth-order valence-corrected chi connectivity index (χ4v) is 2.68. The van der Waals surface area contributed by atoms with E-state index in [9.17, 15) is 9.59 Å². The lowest BCUT2D eigenvalue weighted by molar-refractivity contribution is -0.143. The number of rotatable bonds is 3. The Morgan fingerprint density at radius 3 is 2.48 bits per heavy atom. The normalized spacial score (nSPS) is 19.4. The molecule has 1 aromatic rings. The number of likely N-dealkylation sites (N-methyl/N-ethyl adjacent to an activating group) is 1. The van der Waals surface area contributed by atoms with Crippen molar-refractivity contribution in [2.45, 2.75) is 31.8 Å². The minimum atomic E-state index is -0.707. The van der Waals surface area contributed by atoms with E-state index in [0.717, 1.165) is 17.5 Å². The zero-order valence-electron chi connectivity index (χ0n) is 12.9. The highest BCUT2D eigenvalue weighted by Gasteiger charge is 2.37. The zero-order valence-corrected chi connectivity index (χ0v) is 12.9. The number of hydrogen-bond donors (Lipinski definition) is 1. The van der Waals surface area contributed by atoms with Crippen LogP contribution in [-0.2, 0) is 9.59 Å². The highest BCUT2D eigenvalue weighted by atomic mass is 16.2. The van der Waals surface area contributed by atoms with Gasteiger partial charge in [0.15, 0.2) is 0 Å². The maximum Gasteiger partial charge on any atom is 0.244 e. The van der Waals surface area contributed by atoms with Crippen LogP contribution in [0.1, 0.15) is 30.0 Å². The molecule has 5 heteroatoms. The van der Waals surface area contributed by atoms with E-state index in [1.807, 2.05) is 31.2 Å². The van der Waals surface area contributed by atoms with Gasteiger partial charge in [0.05, 0.1) is 0 Å². The second-order valence-electron chi connectivity index (χ2n) is 5.81. The third-order valence-electron chi connectivity index (χ3n) is 3.96. The van der Waals surface area contributed by atoms with Crippen molar-refractivity contribution in [3.63, 3.8) is 0 Å². The van der Waals surface area contributed by atoms with Crippen LogP contribution in [0.5, 0.6) is 0 Å². The van der Waals surface area contributed by atoms with E-state index in [-0.39, 0.29) is 17.9 Å². The molecule has 2 amide bonds. The number of benzene rings is 1. The summed E-state index contributed by atoms with van der Waals surface area (Å²) in [6, 6.07) is 6.54. The van der Waals surface area contributed by atoms with Crippen LogP contribution in [-0.4, -0.2) is 48.3 Å². The Balaban J connectivity index is 2.14. The lowest BCUT2D eigenvalue weighted by atomic mass is 10.0. The van der Waals surface area contributed by atoms with Crippen LogP contribution >= 0.6 is 0 Å². The summed E-state index contributed by atoms with van der Waals surface area (Å²) in [6.45, 7) is 2.59. The fraction of sp³-hybridized carbons (Fsp3) is 0.500. The lowest BCUT2D eigenvalue weighted by Gasteiger charge is -2.28. The van der Waals surface area contributed by atoms with Crippen molar-refractivity contribution in [1.82, 2.24) is 9.80 Å². The van der Waals surface area contributed by atoms with Gasteiger partial charge >= 0.3 is 0 Å². The highest BCUT2D eigenvalue weighted by Crippen LogP contribution is 2.23. The summed E-state index contributed by atoms with van der Waals surface area (Å²) in [5.41, 5.74) is 8.00. The number of carbonyl (C=O) groups is 2. The molecule has 2 atom stereocenters. The molecule has 5 nitrogen and oxygen atoms in total. The van der Waals surface area contributed by atoms with Gasteiger partial charge in [0.25, 0.3) is 0 Å². The Labute approximate surface area is 125 Å². The van der Waals surface area contributed by atoms with Crippen molar-refractivity contribution in [1.29, 1.82) is 0 Å². The molecule has 21 heavy (non-hydrogen) atoms. The quantitative estimate of drug-likeness (QED) is 0.905. The van der Waals surface area contributed by atoms with E-state index in [1.54, 1.807) is 19.0 Å². The Morgan fingerprint density at radius 2 is 1.90 bits per heavy atom. The molecule has 0 spiro atoms. The standard InChI is InChI=1S/C16H23N3O2/c1-11-6-8-12(9-7-11)14(17)16(21)19-10-4-5-13(19)15(20)18(2)3/h6-9,13-14H,4-5,10,17H2,1-3H3. The summed E-state index contributed by atoms with van der Waals surface area (Å²) in [4.78, 5) is 27.9.